The van der Waals surface area contributed by atoms with E-state index in [1.807, 2.05) is 18.2 Å². The van der Waals surface area contributed by atoms with Crippen molar-refractivity contribution in [2.75, 3.05) is 18.4 Å². The highest BCUT2D eigenvalue weighted by molar-refractivity contribution is 5.77. The third-order valence-corrected chi connectivity index (χ3v) is 3.11. The molecule has 0 saturated heterocycles. The van der Waals surface area contributed by atoms with Crippen LogP contribution < -0.4 is 11.1 Å². The summed E-state index contributed by atoms with van der Waals surface area (Å²) < 4.78 is 18.1. The van der Waals surface area contributed by atoms with Gasteiger partial charge in [-0.1, -0.05) is 13.3 Å². The van der Waals surface area contributed by atoms with Crippen molar-refractivity contribution in [2.24, 2.45) is 5.73 Å². The van der Waals surface area contributed by atoms with Gasteiger partial charge in [0.1, 0.15) is 5.52 Å². The molecular weight excluding hydrogens is 257 g/mol. The normalized spacial score (nSPS) is 12.1. The molecule has 2 rings (SSSR count). The summed E-state index contributed by atoms with van der Waals surface area (Å²) in [6, 6.07) is 5.68. The molecule has 20 heavy (non-hydrogen) atoms. The van der Waals surface area contributed by atoms with E-state index in [9.17, 15) is 4.39 Å². The number of fused-ring (bicyclic) bond motifs is 1. The van der Waals surface area contributed by atoms with E-state index in [1.54, 1.807) is 0 Å². The Hall–Kier alpha value is -1.88. The van der Waals surface area contributed by atoms with Gasteiger partial charge >= 0.3 is 0 Å². The smallest absolute Gasteiger partial charge is 0.195 e. The first-order valence-electron chi connectivity index (χ1n) is 6.88. The lowest BCUT2D eigenvalue weighted by Gasteiger charge is -2.06. The fourth-order valence-corrected chi connectivity index (χ4v) is 1.89. The van der Waals surface area contributed by atoms with E-state index in [0.29, 0.717) is 18.4 Å². The van der Waals surface area contributed by atoms with Crippen molar-refractivity contribution in [3.63, 3.8) is 0 Å². The predicted octanol–water partition coefficient (Wildman–Crippen LogP) is 3.39. The summed E-state index contributed by atoms with van der Waals surface area (Å²) in [6.07, 6.45) is 3.58. The number of oxazole rings is 1. The fourth-order valence-electron chi connectivity index (χ4n) is 1.89. The third kappa shape index (κ3) is 3.57. The molecule has 0 fully saturated rings. The molecule has 0 radical (unpaired) electrons. The van der Waals surface area contributed by atoms with Crippen LogP contribution in [0.25, 0.3) is 11.1 Å². The van der Waals surface area contributed by atoms with Crippen molar-refractivity contribution in [1.82, 2.24) is 4.98 Å². The monoisotopic (exact) mass is 277 g/mol. The molecule has 0 aliphatic carbocycles. The summed E-state index contributed by atoms with van der Waals surface area (Å²) in [5.41, 5.74) is 8.39. The van der Waals surface area contributed by atoms with Gasteiger partial charge in [0.05, 0.1) is 6.33 Å². The maximum atomic E-state index is 12.4. The average molecular weight is 277 g/mol. The number of rotatable bonds is 7. The van der Waals surface area contributed by atoms with Crippen LogP contribution in [0.1, 0.15) is 25.7 Å². The maximum Gasteiger partial charge on any atom is 0.195 e. The van der Waals surface area contributed by atoms with Crippen LogP contribution in [-0.2, 0) is 6.42 Å². The van der Waals surface area contributed by atoms with E-state index in [-0.39, 0.29) is 6.54 Å². The molecule has 0 saturated carbocycles. The Bertz CT molecular complexity index is 592. The van der Waals surface area contributed by atoms with Crippen molar-refractivity contribution >= 4 is 16.8 Å². The van der Waals surface area contributed by atoms with Crippen molar-refractivity contribution in [2.45, 2.75) is 26.2 Å². The van der Waals surface area contributed by atoms with E-state index in [1.165, 1.54) is 0 Å². The first-order valence-corrected chi connectivity index (χ1v) is 6.88. The second-order valence-corrected chi connectivity index (χ2v) is 4.72. The lowest BCUT2D eigenvalue weighted by atomic mass is 10.2. The van der Waals surface area contributed by atoms with Gasteiger partial charge in [-0.05, 0) is 24.1 Å². The van der Waals surface area contributed by atoms with E-state index in [2.05, 4.69) is 17.2 Å². The summed E-state index contributed by atoms with van der Waals surface area (Å²) in [5, 5.41) is 3.12. The van der Waals surface area contributed by atoms with Gasteiger partial charge in [0.25, 0.3) is 0 Å². The van der Waals surface area contributed by atoms with E-state index in [0.717, 1.165) is 41.9 Å². The predicted molar refractivity (Wildman–Crippen MR) is 79.4 cm³/mol. The Morgan fingerprint density at radius 3 is 3.05 bits per heavy atom. The van der Waals surface area contributed by atoms with Crippen molar-refractivity contribution in [1.29, 1.82) is 0 Å². The number of halogens is 1. The molecule has 0 unspecified atom stereocenters. The van der Waals surface area contributed by atoms with E-state index >= 15 is 0 Å². The zero-order chi connectivity index (χ0) is 14.4. The number of nitrogens with one attached hydrogen (secondary N) is 1. The summed E-state index contributed by atoms with van der Waals surface area (Å²) in [6.45, 7) is 2.72. The molecule has 1 aromatic carbocycles. The van der Waals surface area contributed by atoms with Crippen LogP contribution in [0.15, 0.2) is 34.5 Å². The number of aromatic nitrogens is 1. The molecule has 0 atom stereocenters. The second-order valence-electron chi connectivity index (χ2n) is 4.72. The van der Waals surface area contributed by atoms with Crippen molar-refractivity contribution in [3.05, 3.63) is 36.0 Å². The molecule has 4 nitrogen and oxygen atoms in total. The lowest BCUT2D eigenvalue weighted by molar-refractivity contribution is 0.518. The van der Waals surface area contributed by atoms with E-state index in [4.69, 9.17) is 10.2 Å². The molecule has 0 aliphatic heterocycles. The summed E-state index contributed by atoms with van der Waals surface area (Å²) in [5.74, 6) is 0.769. The molecule has 0 amide bonds. The molecule has 2 aromatic rings. The minimum atomic E-state index is 0.204. The zero-order valence-corrected chi connectivity index (χ0v) is 11.7. The summed E-state index contributed by atoms with van der Waals surface area (Å²) in [4.78, 5) is 4.43. The summed E-state index contributed by atoms with van der Waals surface area (Å²) >= 11 is 0. The van der Waals surface area contributed by atoms with Crippen LogP contribution in [0.3, 0.4) is 0 Å². The molecule has 0 bridgehead atoms. The first-order chi connectivity index (χ1) is 9.76. The van der Waals surface area contributed by atoms with Crippen LogP contribution >= 0.6 is 0 Å². The highest BCUT2D eigenvalue weighted by Crippen LogP contribution is 2.21. The molecular formula is C15H20FN3O. The highest BCUT2D eigenvalue weighted by Gasteiger charge is 2.06. The zero-order valence-electron chi connectivity index (χ0n) is 11.7. The third-order valence-electron chi connectivity index (χ3n) is 3.11. The number of nitrogens with two attached hydrogens (primary N) is 1. The van der Waals surface area contributed by atoms with E-state index < -0.39 is 0 Å². The lowest BCUT2D eigenvalue weighted by Crippen LogP contribution is -2.12. The van der Waals surface area contributed by atoms with Gasteiger partial charge < -0.3 is 15.5 Å². The number of aryl methyl sites for hydroxylation is 1. The number of benzene rings is 1. The number of nitrogens with zero attached hydrogens (tertiary/aromatic N) is 1. The van der Waals surface area contributed by atoms with Crippen molar-refractivity contribution < 1.29 is 8.81 Å². The number of unbranched alkanes of at least 4 members (excludes halogenated alkanes) is 1. The van der Waals surface area contributed by atoms with Crippen LogP contribution in [0.2, 0.25) is 0 Å². The Labute approximate surface area is 117 Å². The number of hydrogen-bond donors (Lipinski definition) is 2. The van der Waals surface area contributed by atoms with Gasteiger partial charge in [0, 0.05) is 31.3 Å². The van der Waals surface area contributed by atoms with Gasteiger partial charge in [-0.25, -0.2) is 9.37 Å². The van der Waals surface area contributed by atoms with Gasteiger partial charge in [-0.2, -0.15) is 0 Å². The molecule has 1 heterocycles. The van der Waals surface area contributed by atoms with Crippen LogP contribution in [-0.4, -0.2) is 18.1 Å². The van der Waals surface area contributed by atoms with Gasteiger partial charge in [0.15, 0.2) is 11.5 Å². The molecule has 0 aliphatic rings. The molecule has 108 valence electrons. The number of hydrogen-bond acceptors (Lipinski definition) is 4. The maximum absolute atomic E-state index is 12.4. The van der Waals surface area contributed by atoms with Crippen molar-refractivity contribution in [3.8, 4) is 0 Å². The Morgan fingerprint density at radius 2 is 2.35 bits per heavy atom. The highest BCUT2D eigenvalue weighted by atomic mass is 19.1. The first kappa shape index (κ1) is 14.5. The minimum absolute atomic E-state index is 0.204. The van der Waals surface area contributed by atoms with Crippen LogP contribution in [0, 0.1) is 0 Å². The summed E-state index contributed by atoms with van der Waals surface area (Å²) in [7, 11) is 0. The SMILES string of the molecule is CCCCc1nc2ccc(NC/C(=C\F)CN)cc2o1. The molecule has 3 N–H and O–H groups in total. The minimum Gasteiger partial charge on any atom is -0.441 e. The fraction of sp³-hybridized carbons (Fsp3) is 0.400. The standard InChI is InChI=1S/C15H20FN3O/c1-2-3-4-15-19-13-6-5-12(7-14(13)20-15)18-10-11(8-16)9-17/h5-8,18H,2-4,9-10,17H2,1H3/b11-8-. The van der Waals surface area contributed by atoms with Crippen LogP contribution in [0.4, 0.5) is 10.1 Å². The molecule has 0 spiro atoms. The Kier molecular flexibility index (Phi) is 5.12. The average Bonchev–Trinajstić information content (AvgIpc) is 2.88. The topological polar surface area (TPSA) is 64.1 Å². The molecule has 5 heteroatoms. The second kappa shape index (κ2) is 7.05. The molecule has 1 aromatic heterocycles. The quantitative estimate of drug-likeness (QED) is 0.814. The van der Waals surface area contributed by atoms with Crippen LogP contribution in [0.5, 0.6) is 0 Å². The van der Waals surface area contributed by atoms with Gasteiger partial charge in [-0.15, -0.1) is 0 Å². The Morgan fingerprint density at radius 1 is 1.50 bits per heavy atom. The largest absolute Gasteiger partial charge is 0.441 e. The Balaban J connectivity index is 2.08. The van der Waals surface area contributed by atoms with Gasteiger partial charge in [-0.3, -0.25) is 0 Å². The number of anilines is 1. The van der Waals surface area contributed by atoms with Gasteiger partial charge in [0.2, 0.25) is 0 Å².